The number of benzene rings is 1. The minimum absolute atomic E-state index is 0.108. The maximum Gasteiger partial charge on any atom is 0.357 e. The molecule has 0 saturated heterocycles. The molecule has 1 aromatic carbocycles. The van der Waals surface area contributed by atoms with Gasteiger partial charge in [-0.3, -0.25) is 0 Å². The average molecular weight is 251 g/mol. The van der Waals surface area contributed by atoms with Gasteiger partial charge in [-0.1, -0.05) is 12.1 Å². The van der Waals surface area contributed by atoms with Crippen LogP contribution in [0.2, 0.25) is 0 Å². The largest absolute Gasteiger partial charge is 0.357 e. The van der Waals surface area contributed by atoms with Gasteiger partial charge in [0.2, 0.25) is 6.08 Å². The van der Waals surface area contributed by atoms with E-state index in [4.69, 9.17) is 0 Å². The number of rotatable bonds is 4. The maximum absolute atomic E-state index is 12.7. The fourth-order valence-corrected chi connectivity index (χ4v) is 1.62. The second kappa shape index (κ2) is 5.14. The minimum Gasteiger partial charge on any atom is -0.211 e. The van der Waals surface area contributed by atoms with Gasteiger partial charge in [0.25, 0.3) is 0 Å². The molecule has 1 aromatic rings. The smallest absolute Gasteiger partial charge is 0.211 e. The lowest BCUT2D eigenvalue weighted by Crippen LogP contribution is -2.21. The molecule has 0 aromatic heterocycles. The second-order valence-corrected chi connectivity index (χ2v) is 3.82. The summed E-state index contributed by atoms with van der Waals surface area (Å²) in [6.45, 7) is 0. The van der Waals surface area contributed by atoms with Gasteiger partial charge in [0.1, 0.15) is 0 Å². The molecule has 7 heteroatoms. The lowest BCUT2D eigenvalue weighted by atomic mass is 10.3. The standard InChI is InChI=1S/C9H5F4NOS/c10-8(11)9(12,13)16-7-4-2-1-3-6(7)14-5-15/h1-4,8H. The van der Waals surface area contributed by atoms with Crippen molar-refractivity contribution in [3.8, 4) is 0 Å². The number of isocyanates is 1. The summed E-state index contributed by atoms with van der Waals surface area (Å²) in [4.78, 5) is 12.9. The van der Waals surface area contributed by atoms with E-state index in [2.05, 4.69) is 4.99 Å². The quantitative estimate of drug-likeness (QED) is 0.354. The Hall–Kier alpha value is -1.33. The highest BCUT2D eigenvalue weighted by atomic mass is 32.2. The van der Waals surface area contributed by atoms with Crippen LogP contribution in [0.4, 0.5) is 23.2 Å². The second-order valence-electron chi connectivity index (χ2n) is 2.64. The molecule has 0 bridgehead atoms. The number of para-hydroxylation sites is 1. The SMILES string of the molecule is O=C=Nc1ccccc1SC(F)(F)C(F)F. The summed E-state index contributed by atoms with van der Waals surface area (Å²) in [5.74, 6) is 0. The van der Waals surface area contributed by atoms with E-state index in [0.717, 1.165) is 0 Å². The number of halogens is 4. The molecule has 0 atom stereocenters. The van der Waals surface area contributed by atoms with Crippen molar-refractivity contribution in [1.29, 1.82) is 0 Å². The zero-order chi connectivity index (χ0) is 12.2. The third-order valence-electron chi connectivity index (χ3n) is 1.53. The lowest BCUT2D eigenvalue weighted by molar-refractivity contribution is -0.0563. The monoisotopic (exact) mass is 251 g/mol. The van der Waals surface area contributed by atoms with Crippen molar-refractivity contribution in [3.05, 3.63) is 24.3 Å². The summed E-state index contributed by atoms with van der Waals surface area (Å²) in [5.41, 5.74) is -0.108. The summed E-state index contributed by atoms with van der Waals surface area (Å²) in [7, 11) is 0. The van der Waals surface area contributed by atoms with Crippen molar-refractivity contribution in [2.45, 2.75) is 16.6 Å². The van der Waals surface area contributed by atoms with Crippen molar-refractivity contribution < 1.29 is 22.4 Å². The predicted octanol–water partition coefficient (Wildman–Crippen LogP) is 3.60. The highest BCUT2D eigenvalue weighted by Gasteiger charge is 2.42. The molecular formula is C9H5F4NOS. The van der Waals surface area contributed by atoms with Crippen LogP contribution in [0.15, 0.2) is 34.2 Å². The van der Waals surface area contributed by atoms with E-state index >= 15 is 0 Å². The molecule has 0 N–H and O–H groups in total. The van der Waals surface area contributed by atoms with Crippen LogP contribution < -0.4 is 0 Å². The van der Waals surface area contributed by atoms with Gasteiger partial charge in [-0.2, -0.15) is 13.8 Å². The highest BCUT2D eigenvalue weighted by Crippen LogP contribution is 2.43. The summed E-state index contributed by atoms with van der Waals surface area (Å²) in [6.07, 6.45) is -2.62. The number of hydrogen-bond donors (Lipinski definition) is 0. The van der Waals surface area contributed by atoms with Gasteiger partial charge >= 0.3 is 11.7 Å². The van der Waals surface area contributed by atoms with Crippen LogP contribution in [0, 0.1) is 0 Å². The van der Waals surface area contributed by atoms with Crippen LogP contribution in [0.5, 0.6) is 0 Å². The molecule has 0 radical (unpaired) electrons. The van der Waals surface area contributed by atoms with E-state index in [0.29, 0.717) is 0 Å². The van der Waals surface area contributed by atoms with Crippen molar-refractivity contribution in [2.75, 3.05) is 0 Å². The summed E-state index contributed by atoms with van der Waals surface area (Å²) < 4.78 is 49.3. The molecular weight excluding hydrogens is 246 g/mol. The average Bonchev–Trinajstić information content (AvgIpc) is 2.20. The van der Waals surface area contributed by atoms with Gasteiger partial charge < -0.3 is 0 Å². The summed E-state index contributed by atoms with van der Waals surface area (Å²) in [6, 6.07) is 5.26. The van der Waals surface area contributed by atoms with Crippen LogP contribution in [0.3, 0.4) is 0 Å². The molecule has 0 heterocycles. The number of carbonyl (C=O) groups excluding carboxylic acids is 1. The molecule has 0 aliphatic rings. The Morgan fingerprint density at radius 1 is 1.31 bits per heavy atom. The third-order valence-corrected chi connectivity index (χ3v) is 2.55. The third kappa shape index (κ3) is 3.08. The molecule has 0 aliphatic heterocycles. The molecule has 1 rings (SSSR count). The van der Waals surface area contributed by atoms with Crippen molar-refractivity contribution >= 4 is 23.5 Å². The molecule has 86 valence electrons. The molecule has 0 unspecified atom stereocenters. The van der Waals surface area contributed by atoms with E-state index in [9.17, 15) is 22.4 Å². The maximum atomic E-state index is 12.7. The fourth-order valence-electron chi connectivity index (χ4n) is 0.876. The number of aliphatic imine (C=N–C) groups is 1. The zero-order valence-electron chi connectivity index (χ0n) is 7.66. The Balaban J connectivity index is 3.01. The van der Waals surface area contributed by atoms with E-state index < -0.39 is 11.7 Å². The Bertz CT molecular complexity index is 418. The van der Waals surface area contributed by atoms with Crippen LogP contribution in [-0.4, -0.2) is 17.8 Å². The molecule has 16 heavy (non-hydrogen) atoms. The molecule has 0 spiro atoms. The predicted molar refractivity (Wildman–Crippen MR) is 51.0 cm³/mol. The topological polar surface area (TPSA) is 29.4 Å². The normalized spacial score (nSPS) is 11.3. The van der Waals surface area contributed by atoms with Gasteiger partial charge in [0.05, 0.1) is 5.69 Å². The Morgan fingerprint density at radius 2 is 1.94 bits per heavy atom. The van der Waals surface area contributed by atoms with Crippen LogP contribution in [0.1, 0.15) is 0 Å². The van der Waals surface area contributed by atoms with Crippen LogP contribution in [-0.2, 0) is 4.79 Å². The number of nitrogens with zero attached hydrogens (tertiary/aromatic N) is 1. The van der Waals surface area contributed by atoms with Crippen molar-refractivity contribution in [3.63, 3.8) is 0 Å². The number of alkyl halides is 4. The first kappa shape index (κ1) is 12.7. The van der Waals surface area contributed by atoms with Gasteiger partial charge in [-0.25, -0.2) is 13.6 Å². The van der Waals surface area contributed by atoms with E-state index in [1.807, 2.05) is 0 Å². The summed E-state index contributed by atoms with van der Waals surface area (Å²) in [5, 5.41) is -4.21. The Kier molecular flexibility index (Phi) is 4.09. The van der Waals surface area contributed by atoms with Crippen LogP contribution >= 0.6 is 11.8 Å². The van der Waals surface area contributed by atoms with Crippen molar-refractivity contribution in [1.82, 2.24) is 0 Å². The molecule has 2 nitrogen and oxygen atoms in total. The molecule has 0 amide bonds. The molecule has 0 fully saturated rings. The first-order valence-electron chi connectivity index (χ1n) is 3.99. The summed E-state index contributed by atoms with van der Waals surface area (Å²) >= 11 is -0.335. The number of hydrogen-bond acceptors (Lipinski definition) is 3. The van der Waals surface area contributed by atoms with E-state index in [-0.39, 0.29) is 22.3 Å². The van der Waals surface area contributed by atoms with Gasteiger partial charge in [-0.05, 0) is 23.9 Å². The Labute approximate surface area is 92.4 Å². The molecule has 0 saturated carbocycles. The van der Waals surface area contributed by atoms with Crippen LogP contribution in [0.25, 0.3) is 0 Å². The number of thioether (sulfide) groups is 1. The van der Waals surface area contributed by atoms with Gasteiger partial charge in [0, 0.05) is 4.90 Å². The van der Waals surface area contributed by atoms with E-state index in [1.165, 1.54) is 30.3 Å². The fraction of sp³-hybridized carbons (Fsp3) is 0.222. The van der Waals surface area contributed by atoms with Gasteiger partial charge in [0.15, 0.2) is 0 Å². The first-order chi connectivity index (χ1) is 7.47. The first-order valence-corrected chi connectivity index (χ1v) is 4.81. The molecule has 0 aliphatic carbocycles. The Morgan fingerprint density at radius 3 is 2.50 bits per heavy atom. The zero-order valence-corrected chi connectivity index (χ0v) is 8.48. The highest BCUT2D eigenvalue weighted by molar-refractivity contribution is 8.00. The van der Waals surface area contributed by atoms with Crippen molar-refractivity contribution in [2.24, 2.45) is 4.99 Å². The minimum atomic E-state index is -4.21. The van der Waals surface area contributed by atoms with Gasteiger partial charge in [-0.15, -0.1) is 0 Å². The van der Waals surface area contributed by atoms with E-state index in [1.54, 1.807) is 0 Å². The lowest BCUT2D eigenvalue weighted by Gasteiger charge is -2.14.